The number of benzene rings is 1. The van der Waals surface area contributed by atoms with Crippen molar-refractivity contribution in [1.29, 1.82) is 0 Å². The van der Waals surface area contributed by atoms with Crippen LogP contribution in [0.3, 0.4) is 0 Å². The van der Waals surface area contributed by atoms with Gasteiger partial charge in [0.25, 0.3) is 0 Å². The van der Waals surface area contributed by atoms with Gasteiger partial charge in [-0.05, 0) is 17.7 Å². The van der Waals surface area contributed by atoms with Crippen LogP contribution in [0.5, 0.6) is 0 Å². The van der Waals surface area contributed by atoms with Crippen LogP contribution in [0.25, 0.3) is 11.4 Å². The average molecular weight is 338 g/mol. The maximum Gasteiger partial charge on any atom is 0.248 e. The standard InChI is InChI=1S/C18H18N4OS/c1-2-4-14(5-3-1)16(22-10-12-24-13-11-22)18-20-17(21-23-18)15-6-8-19-9-7-15/h1-9,16H,10-13H2. The van der Waals surface area contributed by atoms with Crippen LogP contribution in [-0.4, -0.2) is 44.6 Å². The number of hydrogen-bond acceptors (Lipinski definition) is 6. The van der Waals surface area contributed by atoms with Crippen molar-refractivity contribution >= 4 is 11.8 Å². The molecule has 3 aromatic rings. The maximum absolute atomic E-state index is 5.66. The summed E-state index contributed by atoms with van der Waals surface area (Å²) in [5.74, 6) is 3.53. The minimum absolute atomic E-state index is 0.00943. The van der Waals surface area contributed by atoms with Gasteiger partial charge in [-0.15, -0.1) is 0 Å². The van der Waals surface area contributed by atoms with Crippen molar-refractivity contribution in [3.8, 4) is 11.4 Å². The van der Waals surface area contributed by atoms with Crippen molar-refractivity contribution < 1.29 is 4.52 Å². The molecule has 0 radical (unpaired) electrons. The Morgan fingerprint density at radius 3 is 2.50 bits per heavy atom. The van der Waals surface area contributed by atoms with Crippen molar-refractivity contribution in [3.63, 3.8) is 0 Å². The molecule has 6 heteroatoms. The lowest BCUT2D eigenvalue weighted by Gasteiger charge is -2.32. The Hall–Kier alpha value is -2.18. The molecule has 1 unspecified atom stereocenters. The second-order valence-electron chi connectivity index (χ2n) is 5.65. The summed E-state index contributed by atoms with van der Waals surface area (Å²) in [4.78, 5) is 11.1. The molecule has 3 heterocycles. The Morgan fingerprint density at radius 1 is 1.00 bits per heavy atom. The first-order valence-corrected chi connectivity index (χ1v) is 9.18. The highest BCUT2D eigenvalue weighted by molar-refractivity contribution is 7.99. The number of nitrogens with zero attached hydrogens (tertiary/aromatic N) is 4. The predicted octanol–water partition coefficient (Wildman–Crippen LogP) is 3.27. The Kier molecular flexibility index (Phi) is 4.57. The Bertz CT molecular complexity index is 772. The second kappa shape index (κ2) is 7.15. The zero-order valence-electron chi connectivity index (χ0n) is 13.2. The summed E-state index contributed by atoms with van der Waals surface area (Å²) in [6, 6.07) is 14.2. The van der Waals surface area contributed by atoms with Gasteiger partial charge < -0.3 is 4.52 Å². The van der Waals surface area contributed by atoms with E-state index >= 15 is 0 Å². The van der Waals surface area contributed by atoms with Crippen molar-refractivity contribution in [1.82, 2.24) is 20.0 Å². The maximum atomic E-state index is 5.66. The van der Waals surface area contributed by atoms with Gasteiger partial charge in [0.05, 0.1) is 0 Å². The van der Waals surface area contributed by atoms with Crippen LogP contribution in [0.2, 0.25) is 0 Å². The summed E-state index contributed by atoms with van der Waals surface area (Å²) >= 11 is 1.99. The lowest BCUT2D eigenvalue weighted by molar-refractivity contribution is 0.204. The van der Waals surface area contributed by atoms with E-state index in [0.29, 0.717) is 11.7 Å². The fourth-order valence-electron chi connectivity index (χ4n) is 2.95. The monoisotopic (exact) mass is 338 g/mol. The van der Waals surface area contributed by atoms with Crippen molar-refractivity contribution in [2.75, 3.05) is 24.6 Å². The number of hydrogen-bond donors (Lipinski definition) is 0. The highest BCUT2D eigenvalue weighted by Crippen LogP contribution is 2.30. The van der Waals surface area contributed by atoms with Crippen molar-refractivity contribution in [2.24, 2.45) is 0 Å². The molecule has 0 spiro atoms. The molecule has 0 N–H and O–H groups in total. The smallest absolute Gasteiger partial charge is 0.248 e. The minimum atomic E-state index is 0.00943. The second-order valence-corrected chi connectivity index (χ2v) is 6.88. The molecule has 0 aliphatic carbocycles. The number of thioether (sulfide) groups is 1. The molecule has 2 aromatic heterocycles. The summed E-state index contributed by atoms with van der Waals surface area (Å²) in [5.41, 5.74) is 2.11. The fourth-order valence-corrected chi connectivity index (χ4v) is 3.88. The van der Waals surface area contributed by atoms with E-state index in [-0.39, 0.29) is 6.04 Å². The molecule has 4 rings (SSSR count). The summed E-state index contributed by atoms with van der Waals surface area (Å²) in [6.45, 7) is 2.05. The van der Waals surface area contributed by atoms with Gasteiger partial charge in [0.2, 0.25) is 11.7 Å². The Balaban J connectivity index is 1.70. The molecule has 1 atom stereocenters. The number of aromatic nitrogens is 3. The van der Waals surface area contributed by atoms with E-state index in [9.17, 15) is 0 Å². The molecule has 1 aliphatic heterocycles. The summed E-state index contributed by atoms with van der Waals surface area (Å²) < 4.78 is 5.66. The first kappa shape index (κ1) is 15.4. The van der Waals surface area contributed by atoms with Crippen LogP contribution in [0.15, 0.2) is 59.4 Å². The summed E-state index contributed by atoms with van der Waals surface area (Å²) in [5, 5.41) is 4.18. The number of rotatable bonds is 4. The van der Waals surface area contributed by atoms with Crippen LogP contribution >= 0.6 is 11.8 Å². The topological polar surface area (TPSA) is 55.1 Å². The van der Waals surface area contributed by atoms with E-state index in [0.717, 1.165) is 30.2 Å². The zero-order valence-corrected chi connectivity index (χ0v) is 14.0. The van der Waals surface area contributed by atoms with Gasteiger partial charge in [0.15, 0.2) is 0 Å². The van der Waals surface area contributed by atoms with Gasteiger partial charge in [-0.25, -0.2) is 0 Å². The third-order valence-corrected chi connectivity index (χ3v) is 5.08. The molecule has 1 aromatic carbocycles. The van der Waals surface area contributed by atoms with E-state index in [1.807, 2.05) is 30.0 Å². The van der Waals surface area contributed by atoms with Crippen LogP contribution in [0.1, 0.15) is 17.5 Å². The number of pyridine rings is 1. The summed E-state index contributed by atoms with van der Waals surface area (Å²) in [7, 11) is 0. The first-order chi connectivity index (χ1) is 11.9. The molecule has 1 saturated heterocycles. The molecule has 1 fully saturated rings. The van der Waals surface area contributed by atoms with Crippen LogP contribution in [0, 0.1) is 0 Å². The normalized spacial score (nSPS) is 16.8. The van der Waals surface area contributed by atoms with E-state index in [1.54, 1.807) is 12.4 Å². The molecule has 122 valence electrons. The quantitative estimate of drug-likeness (QED) is 0.728. The van der Waals surface area contributed by atoms with Gasteiger partial charge in [-0.2, -0.15) is 16.7 Å². The van der Waals surface area contributed by atoms with E-state index < -0.39 is 0 Å². The van der Waals surface area contributed by atoms with E-state index in [2.05, 4.69) is 44.3 Å². The van der Waals surface area contributed by atoms with Gasteiger partial charge in [0.1, 0.15) is 6.04 Å². The Labute approximate surface area is 145 Å². The first-order valence-electron chi connectivity index (χ1n) is 8.02. The zero-order chi connectivity index (χ0) is 16.2. The Morgan fingerprint density at radius 2 is 1.75 bits per heavy atom. The minimum Gasteiger partial charge on any atom is -0.337 e. The average Bonchev–Trinajstić information content (AvgIpc) is 3.14. The lowest BCUT2D eigenvalue weighted by Crippen LogP contribution is -2.36. The molecular formula is C18H18N4OS. The van der Waals surface area contributed by atoms with E-state index in [4.69, 9.17) is 4.52 Å². The fraction of sp³-hybridized carbons (Fsp3) is 0.278. The molecule has 0 bridgehead atoms. The van der Waals surface area contributed by atoms with E-state index in [1.165, 1.54) is 5.56 Å². The van der Waals surface area contributed by atoms with Gasteiger partial charge in [-0.1, -0.05) is 35.5 Å². The summed E-state index contributed by atoms with van der Waals surface area (Å²) in [6.07, 6.45) is 3.48. The molecular weight excluding hydrogens is 320 g/mol. The van der Waals surface area contributed by atoms with Gasteiger partial charge >= 0.3 is 0 Å². The van der Waals surface area contributed by atoms with Crippen molar-refractivity contribution in [2.45, 2.75) is 6.04 Å². The molecule has 24 heavy (non-hydrogen) atoms. The lowest BCUT2D eigenvalue weighted by atomic mass is 10.1. The largest absolute Gasteiger partial charge is 0.337 e. The predicted molar refractivity (Wildman–Crippen MR) is 94.7 cm³/mol. The van der Waals surface area contributed by atoms with Gasteiger partial charge in [-0.3, -0.25) is 9.88 Å². The van der Waals surface area contributed by atoms with Crippen molar-refractivity contribution in [3.05, 3.63) is 66.3 Å². The van der Waals surface area contributed by atoms with Crippen LogP contribution < -0.4 is 0 Å². The molecule has 0 amide bonds. The molecule has 1 aliphatic rings. The molecule has 5 nitrogen and oxygen atoms in total. The highest BCUT2D eigenvalue weighted by Gasteiger charge is 2.29. The molecule has 0 saturated carbocycles. The SMILES string of the molecule is c1ccc(C(c2nc(-c3ccncc3)no2)N2CCSCC2)cc1. The third-order valence-electron chi connectivity index (χ3n) is 4.14. The van der Waals surface area contributed by atoms with Crippen LogP contribution in [0.4, 0.5) is 0 Å². The van der Waals surface area contributed by atoms with Gasteiger partial charge in [0, 0.05) is 42.6 Å². The van der Waals surface area contributed by atoms with Crippen LogP contribution in [-0.2, 0) is 0 Å². The third kappa shape index (κ3) is 3.20. The highest BCUT2D eigenvalue weighted by atomic mass is 32.2.